The fraction of sp³-hybridized carbons (Fsp3) is 0.240. The second-order valence-corrected chi connectivity index (χ2v) is 8.41. The smallest absolute Gasteiger partial charge is 0.325 e. The molecular weight excluding hydrogens is 504 g/mol. The molecule has 0 bridgehead atoms. The SMILES string of the molecule is COC(=O)C(NCc1ccc(OCc2cccc(-c3ccccc3)c2Br)c([N+](=O)[O-])c1)C(C)O. The van der Waals surface area contributed by atoms with Gasteiger partial charge in [-0.25, -0.2) is 0 Å². The molecule has 0 fully saturated rings. The summed E-state index contributed by atoms with van der Waals surface area (Å²) < 4.78 is 11.4. The maximum absolute atomic E-state index is 11.8. The Morgan fingerprint density at radius 2 is 1.88 bits per heavy atom. The molecule has 2 unspecified atom stereocenters. The molecule has 0 aliphatic rings. The van der Waals surface area contributed by atoms with Crippen LogP contribution in [-0.2, 0) is 22.7 Å². The number of nitro groups is 1. The predicted molar refractivity (Wildman–Crippen MR) is 131 cm³/mol. The normalized spacial score (nSPS) is 12.6. The Labute approximate surface area is 205 Å². The number of hydrogen-bond acceptors (Lipinski definition) is 7. The molecule has 178 valence electrons. The highest BCUT2D eigenvalue weighted by atomic mass is 79.9. The Balaban J connectivity index is 1.76. The van der Waals surface area contributed by atoms with Crippen LogP contribution in [0.5, 0.6) is 5.75 Å². The molecule has 3 aromatic carbocycles. The zero-order chi connectivity index (χ0) is 24.7. The van der Waals surface area contributed by atoms with Crippen LogP contribution < -0.4 is 10.1 Å². The number of ether oxygens (including phenoxy) is 2. The van der Waals surface area contributed by atoms with Gasteiger partial charge in [0.15, 0.2) is 5.75 Å². The molecule has 2 atom stereocenters. The lowest BCUT2D eigenvalue weighted by molar-refractivity contribution is -0.386. The van der Waals surface area contributed by atoms with Crippen molar-refractivity contribution >= 4 is 27.6 Å². The molecule has 0 saturated carbocycles. The van der Waals surface area contributed by atoms with Crippen molar-refractivity contribution in [3.63, 3.8) is 0 Å². The molecule has 0 saturated heterocycles. The number of hydrogen-bond donors (Lipinski definition) is 2. The van der Waals surface area contributed by atoms with Crippen LogP contribution in [0.4, 0.5) is 5.69 Å². The van der Waals surface area contributed by atoms with E-state index in [0.717, 1.165) is 21.2 Å². The number of aliphatic hydroxyl groups is 1. The van der Waals surface area contributed by atoms with Gasteiger partial charge in [-0.05, 0) is 45.6 Å². The van der Waals surface area contributed by atoms with E-state index in [1.807, 2.05) is 48.5 Å². The third-order valence-corrected chi connectivity index (χ3v) is 6.17. The van der Waals surface area contributed by atoms with Crippen LogP contribution >= 0.6 is 15.9 Å². The summed E-state index contributed by atoms with van der Waals surface area (Å²) in [5, 5.41) is 24.3. The topological polar surface area (TPSA) is 111 Å². The highest BCUT2D eigenvalue weighted by molar-refractivity contribution is 9.10. The Kier molecular flexibility index (Phi) is 8.75. The monoisotopic (exact) mass is 528 g/mol. The lowest BCUT2D eigenvalue weighted by atomic mass is 10.0. The van der Waals surface area contributed by atoms with Crippen molar-refractivity contribution in [3.8, 4) is 16.9 Å². The summed E-state index contributed by atoms with van der Waals surface area (Å²) in [4.78, 5) is 22.9. The Morgan fingerprint density at radius 3 is 2.53 bits per heavy atom. The molecule has 0 aromatic heterocycles. The van der Waals surface area contributed by atoms with Crippen molar-refractivity contribution in [2.75, 3.05) is 7.11 Å². The number of halogens is 1. The number of nitrogens with zero attached hydrogens (tertiary/aromatic N) is 1. The van der Waals surface area contributed by atoms with Gasteiger partial charge in [0, 0.05) is 22.6 Å². The lowest BCUT2D eigenvalue weighted by Crippen LogP contribution is -2.45. The number of benzene rings is 3. The van der Waals surface area contributed by atoms with Crippen LogP contribution in [0, 0.1) is 10.1 Å². The van der Waals surface area contributed by atoms with Crippen LogP contribution in [0.3, 0.4) is 0 Å². The first-order valence-corrected chi connectivity index (χ1v) is 11.3. The van der Waals surface area contributed by atoms with E-state index in [-0.39, 0.29) is 24.6 Å². The molecule has 0 radical (unpaired) electrons. The molecule has 0 spiro atoms. The number of nitrogens with one attached hydrogen (secondary N) is 1. The standard InChI is InChI=1S/C25H25BrN2O6/c1-16(29)24(25(30)33-2)27-14-17-11-12-22(21(13-17)28(31)32)34-15-19-9-6-10-20(23(19)26)18-7-4-3-5-8-18/h3-13,16,24,27,29H,14-15H2,1-2H3. The fourth-order valence-corrected chi connectivity index (χ4v) is 4.04. The molecule has 0 aliphatic heterocycles. The molecule has 3 aromatic rings. The highest BCUT2D eigenvalue weighted by Crippen LogP contribution is 2.33. The zero-order valence-electron chi connectivity index (χ0n) is 18.7. The van der Waals surface area contributed by atoms with Gasteiger partial charge >= 0.3 is 11.7 Å². The summed E-state index contributed by atoms with van der Waals surface area (Å²) in [6, 6.07) is 19.3. The average molecular weight is 529 g/mol. The highest BCUT2D eigenvalue weighted by Gasteiger charge is 2.24. The van der Waals surface area contributed by atoms with Crippen molar-refractivity contribution in [2.24, 2.45) is 0 Å². The van der Waals surface area contributed by atoms with Crippen LogP contribution in [-0.4, -0.2) is 35.3 Å². The number of nitro benzene ring substituents is 1. The molecule has 0 aliphatic carbocycles. The number of carbonyl (C=O) groups is 1. The van der Waals surface area contributed by atoms with E-state index >= 15 is 0 Å². The van der Waals surface area contributed by atoms with Crippen molar-refractivity contribution in [2.45, 2.75) is 32.2 Å². The largest absolute Gasteiger partial charge is 0.482 e. The second kappa shape index (κ2) is 11.7. The average Bonchev–Trinajstić information content (AvgIpc) is 2.84. The molecule has 8 nitrogen and oxygen atoms in total. The summed E-state index contributed by atoms with van der Waals surface area (Å²) in [6.07, 6.45) is -0.991. The van der Waals surface area contributed by atoms with Gasteiger partial charge in [-0.2, -0.15) is 0 Å². The van der Waals surface area contributed by atoms with Gasteiger partial charge in [-0.1, -0.05) is 54.6 Å². The summed E-state index contributed by atoms with van der Waals surface area (Å²) in [6.45, 7) is 1.71. The Morgan fingerprint density at radius 1 is 1.15 bits per heavy atom. The molecule has 3 rings (SSSR count). The minimum Gasteiger partial charge on any atom is -0.482 e. The first kappa shape index (κ1) is 25.4. The minimum atomic E-state index is -0.991. The summed E-state index contributed by atoms with van der Waals surface area (Å²) in [5.41, 5.74) is 3.25. The fourth-order valence-electron chi connectivity index (χ4n) is 3.43. The van der Waals surface area contributed by atoms with Crippen LogP contribution in [0.1, 0.15) is 18.1 Å². The maximum atomic E-state index is 11.8. The Bertz CT molecular complexity index is 1150. The number of aliphatic hydroxyl groups excluding tert-OH is 1. The van der Waals surface area contributed by atoms with Crippen molar-refractivity contribution in [3.05, 3.63) is 92.4 Å². The van der Waals surface area contributed by atoms with E-state index in [9.17, 15) is 20.0 Å². The lowest BCUT2D eigenvalue weighted by Gasteiger charge is -2.19. The second-order valence-electron chi connectivity index (χ2n) is 7.61. The van der Waals surface area contributed by atoms with Crippen molar-refractivity contribution in [1.82, 2.24) is 5.32 Å². The van der Waals surface area contributed by atoms with E-state index in [2.05, 4.69) is 26.0 Å². The van der Waals surface area contributed by atoms with E-state index in [1.165, 1.54) is 26.2 Å². The Hall–Kier alpha value is -3.27. The third-order valence-electron chi connectivity index (χ3n) is 5.23. The van der Waals surface area contributed by atoms with E-state index < -0.39 is 23.0 Å². The van der Waals surface area contributed by atoms with Gasteiger partial charge < -0.3 is 14.6 Å². The van der Waals surface area contributed by atoms with Gasteiger partial charge in [-0.3, -0.25) is 20.2 Å². The van der Waals surface area contributed by atoms with Crippen LogP contribution in [0.25, 0.3) is 11.1 Å². The van der Waals surface area contributed by atoms with E-state index in [0.29, 0.717) is 5.56 Å². The molecule has 0 heterocycles. The first-order chi connectivity index (χ1) is 16.3. The third kappa shape index (κ3) is 6.19. The molecule has 34 heavy (non-hydrogen) atoms. The number of esters is 1. The quantitative estimate of drug-likeness (QED) is 0.224. The van der Waals surface area contributed by atoms with Crippen molar-refractivity contribution < 1.29 is 24.3 Å². The van der Waals surface area contributed by atoms with Crippen molar-refractivity contribution in [1.29, 1.82) is 0 Å². The minimum absolute atomic E-state index is 0.121. The molecule has 0 amide bonds. The molecule has 9 heteroatoms. The van der Waals surface area contributed by atoms with E-state index in [4.69, 9.17) is 4.74 Å². The van der Waals surface area contributed by atoms with Gasteiger partial charge in [0.1, 0.15) is 12.6 Å². The zero-order valence-corrected chi connectivity index (χ0v) is 20.3. The van der Waals surface area contributed by atoms with Gasteiger partial charge in [0.25, 0.3) is 0 Å². The number of rotatable bonds is 10. The number of carbonyl (C=O) groups excluding carboxylic acids is 1. The van der Waals surface area contributed by atoms with Crippen LogP contribution in [0.2, 0.25) is 0 Å². The summed E-state index contributed by atoms with van der Waals surface area (Å²) in [7, 11) is 1.23. The van der Waals surface area contributed by atoms with Crippen LogP contribution in [0.15, 0.2) is 71.2 Å². The molecule has 2 N–H and O–H groups in total. The van der Waals surface area contributed by atoms with Gasteiger partial charge in [0.2, 0.25) is 0 Å². The van der Waals surface area contributed by atoms with E-state index in [1.54, 1.807) is 6.07 Å². The van der Waals surface area contributed by atoms with Gasteiger partial charge in [-0.15, -0.1) is 0 Å². The predicted octanol–water partition coefficient (Wildman–Crippen LogP) is 4.62. The number of methoxy groups -OCH3 is 1. The first-order valence-electron chi connectivity index (χ1n) is 10.5. The molecular formula is C25H25BrN2O6. The maximum Gasteiger partial charge on any atom is 0.325 e. The summed E-state index contributed by atoms with van der Waals surface area (Å²) >= 11 is 3.63. The van der Waals surface area contributed by atoms with Gasteiger partial charge in [0.05, 0.1) is 18.1 Å². The summed E-state index contributed by atoms with van der Waals surface area (Å²) in [5.74, 6) is -0.487.